The molecule has 1 aromatic heterocycles. The van der Waals surface area contributed by atoms with Crippen LogP contribution in [0.5, 0.6) is 0 Å². The molecule has 7 heteroatoms. The number of carbonyl (C=O) groups is 2. The van der Waals surface area contributed by atoms with Gasteiger partial charge in [-0.2, -0.15) is 5.10 Å². The van der Waals surface area contributed by atoms with E-state index < -0.39 is 6.03 Å². The monoisotopic (exact) mass is 279 g/mol. The molecule has 0 saturated carbocycles. The van der Waals surface area contributed by atoms with Gasteiger partial charge in [-0.1, -0.05) is 13.3 Å². The second-order valence-electron chi connectivity index (χ2n) is 5.14. The number of urea groups is 1. The molecule has 1 atom stereocenters. The Bertz CT molecular complexity index is 485. The minimum atomic E-state index is -0.465. The van der Waals surface area contributed by atoms with Gasteiger partial charge in [0.05, 0.1) is 5.92 Å². The van der Waals surface area contributed by atoms with Crippen LogP contribution in [0.25, 0.3) is 0 Å². The highest BCUT2D eigenvalue weighted by Crippen LogP contribution is 2.18. The fourth-order valence-corrected chi connectivity index (χ4v) is 2.44. The summed E-state index contributed by atoms with van der Waals surface area (Å²) in [6.07, 6.45) is 3.48. The fraction of sp³-hybridized carbons (Fsp3) is 0.615. The summed E-state index contributed by atoms with van der Waals surface area (Å²) in [6, 6.07) is 1.38. The van der Waals surface area contributed by atoms with Crippen LogP contribution in [0, 0.1) is 5.92 Å². The van der Waals surface area contributed by atoms with Crippen LogP contribution in [0.4, 0.5) is 10.6 Å². The summed E-state index contributed by atoms with van der Waals surface area (Å²) in [6.45, 7) is 3.09. The van der Waals surface area contributed by atoms with Crippen LogP contribution in [-0.4, -0.2) is 40.1 Å². The summed E-state index contributed by atoms with van der Waals surface area (Å²) >= 11 is 0. The number of likely N-dealkylation sites (tertiary alicyclic amines) is 1. The summed E-state index contributed by atoms with van der Waals surface area (Å²) in [4.78, 5) is 24.8. The van der Waals surface area contributed by atoms with Crippen molar-refractivity contribution in [2.75, 3.05) is 18.4 Å². The van der Waals surface area contributed by atoms with Crippen LogP contribution in [0.15, 0.2) is 6.07 Å². The molecule has 2 rings (SSSR count). The molecule has 110 valence electrons. The Morgan fingerprint density at radius 3 is 3.10 bits per heavy atom. The van der Waals surface area contributed by atoms with Crippen molar-refractivity contribution in [3.8, 4) is 0 Å². The molecule has 1 saturated heterocycles. The van der Waals surface area contributed by atoms with Crippen LogP contribution in [0.3, 0.4) is 0 Å². The average molecular weight is 279 g/mol. The lowest BCUT2D eigenvalue weighted by molar-refractivity contribution is -0.121. The number of piperidine rings is 1. The Labute approximate surface area is 117 Å². The summed E-state index contributed by atoms with van der Waals surface area (Å²) in [5, 5.41) is 9.74. The zero-order chi connectivity index (χ0) is 14.5. The number of rotatable bonds is 4. The number of primary amides is 1. The average Bonchev–Trinajstić information content (AvgIpc) is 2.86. The SMILES string of the molecule is CCCc1cc(NC(=O)C2CCCN(C(N)=O)C2)n[nH]1. The van der Waals surface area contributed by atoms with Crippen molar-refractivity contribution in [3.05, 3.63) is 11.8 Å². The highest BCUT2D eigenvalue weighted by molar-refractivity contribution is 5.92. The summed E-state index contributed by atoms with van der Waals surface area (Å²) < 4.78 is 0. The molecule has 0 bridgehead atoms. The molecule has 0 aliphatic carbocycles. The third kappa shape index (κ3) is 3.49. The molecular formula is C13H21N5O2. The van der Waals surface area contributed by atoms with Gasteiger partial charge < -0.3 is 16.0 Å². The first-order chi connectivity index (χ1) is 9.60. The standard InChI is InChI=1S/C13H21N5O2/c1-2-4-10-7-11(17-16-10)15-12(19)9-5-3-6-18(8-9)13(14)20/h7,9H,2-6,8H2,1H3,(H2,14,20)(H2,15,16,17,19). The van der Waals surface area contributed by atoms with Gasteiger partial charge in [0, 0.05) is 24.8 Å². The van der Waals surface area contributed by atoms with Gasteiger partial charge in [-0.3, -0.25) is 9.89 Å². The number of H-pyrrole nitrogens is 1. The third-order valence-corrected chi connectivity index (χ3v) is 3.51. The number of aryl methyl sites for hydroxylation is 1. The molecule has 4 N–H and O–H groups in total. The second kappa shape index (κ2) is 6.40. The van der Waals surface area contributed by atoms with E-state index in [-0.39, 0.29) is 11.8 Å². The Hall–Kier alpha value is -2.05. The quantitative estimate of drug-likeness (QED) is 0.768. The lowest BCUT2D eigenvalue weighted by atomic mass is 9.97. The molecular weight excluding hydrogens is 258 g/mol. The fourth-order valence-electron chi connectivity index (χ4n) is 2.44. The summed E-state index contributed by atoms with van der Waals surface area (Å²) in [7, 11) is 0. The lowest BCUT2D eigenvalue weighted by Gasteiger charge is -2.30. The van der Waals surface area contributed by atoms with Gasteiger partial charge in [0.15, 0.2) is 5.82 Å². The molecule has 1 aliphatic rings. The molecule has 1 fully saturated rings. The molecule has 2 heterocycles. The van der Waals surface area contributed by atoms with Crippen molar-refractivity contribution in [1.29, 1.82) is 0 Å². The zero-order valence-electron chi connectivity index (χ0n) is 11.7. The number of nitrogens with one attached hydrogen (secondary N) is 2. The van der Waals surface area contributed by atoms with Crippen LogP contribution in [0.1, 0.15) is 31.9 Å². The van der Waals surface area contributed by atoms with Crippen LogP contribution < -0.4 is 11.1 Å². The van der Waals surface area contributed by atoms with E-state index in [0.29, 0.717) is 18.9 Å². The molecule has 1 unspecified atom stereocenters. The Balaban J connectivity index is 1.91. The molecule has 3 amide bonds. The van der Waals surface area contributed by atoms with E-state index in [2.05, 4.69) is 22.4 Å². The number of hydrogen-bond acceptors (Lipinski definition) is 3. The number of aromatic amines is 1. The maximum Gasteiger partial charge on any atom is 0.314 e. The number of nitrogens with two attached hydrogens (primary N) is 1. The van der Waals surface area contributed by atoms with Gasteiger partial charge in [0.2, 0.25) is 5.91 Å². The summed E-state index contributed by atoms with van der Waals surface area (Å²) in [5.74, 6) is 0.211. The number of anilines is 1. The first-order valence-electron chi connectivity index (χ1n) is 6.99. The van der Waals surface area contributed by atoms with Crippen molar-refractivity contribution in [3.63, 3.8) is 0 Å². The molecule has 0 radical (unpaired) electrons. The van der Waals surface area contributed by atoms with E-state index in [1.165, 1.54) is 4.90 Å². The van der Waals surface area contributed by atoms with Gasteiger partial charge in [-0.05, 0) is 19.3 Å². The van der Waals surface area contributed by atoms with Crippen molar-refractivity contribution in [1.82, 2.24) is 15.1 Å². The van der Waals surface area contributed by atoms with Gasteiger partial charge in [-0.25, -0.2) is 4.79 Å². The van der Waals surface area contributed by atoms with E-state index in [1.54, 1.807) is 0 Å². The van der Waals surface area contributed by atoms with Gasteiger partial charge in [0.25, 0.3) is 0 Å². The molecule has 1 aliphatic heterocycles. The normalized spacial score (nSPS) is 18.9. The Morgan fingerprint density at radius 1 is 1.60 bits per heavy atom. The molecule has 0 spiro atoms. The maximum absolute atomic E-state index is 12.2. The predicted octanol–water partition coefficient (Wildman–Crippen LogP) is 1.09. The smallest absolute Gasteiger partial charge is 0.314 e. The molecule has 1 aromatic rings. The lowest BCUT2D eigenvalue weighted by Crippen LogP contribution is -2.46. The van der Waals surface area contributed by atoms with Gasteiger partial charge in [0.1, 0.15) is 0 Å². The minimum absolute atomic E-state index is 0.106. The maximum atomic E-state index is 12.2. The topological polar surface area (TPSA) is 104 Å². The Kier molecular flexibility index (Phi) is 4.60. The van der Waals surface area contributed by atoms with Gasteiger partial charge >= 0.3 is 6.03 Å². The van der Waals surface area contributed by atoms with E-state index in [0.717, 1.165) is 31.4 Å². The largest absolute Gasteiger partial charge is 0.351 e. The Morgan fingerprint density at radius 2 is 2.40 bits per heavy atom. The van der Waals surface area contributed by atoms with Crippen molar-refractivity contribution >= 4 is 17.8 Å². The number of aromatic nitrogens is 2. The molecule has 0 aromatic carbocycles. The van der Waals surface area contributed by atoms with Crippen molar-refractivity contribution in [2.24, 2.45) is 11.7 Å². The number of amides is 3. The predicted molar refractivity (Wildman–Crippen MR) is 75.1 cm³/mol. The molecule has 20 heavy (non-hydrogen) atoms. The highest BCUT2D eigenvalue weighted by Gasteiger charge is 2.27. The van der Waals surface area contributed by atoms with E-state index in [9.17, 15) is 9.59 Å². The zero-order valence-corrected chi connectivity index (χ0v) is 11.7. The second-order valence-corrected chi connectivity index (χ2v) is 5.14. The summed E-state index contributed by atoms with van der Waals surface area (Å²) in [5.41, 5.74) is 6.26. The molecule has 7 nitrogen and oxygen atoms in total. The number of hydrogen-bond donors (Lipinski definition) is 3. The first kappa shape index (κ1) is 14.4. The minimum Gasteiger partial charge on any atom is -0.351 e. The highest BCUT2D eigenvalue weighted by atomic mass is 16.2. The van der Waals surface area contributed by atoms with E-state index in [4.69, 9.17) is 5.73 Å². The van der Waals surface area contributed by atoms with Crippen LogP contribution in [0.2, 0.25) is 0 Å². The number of nitrogens with zero attached hydrogens (tertiary/aromatic N) is 2. The third-order valence-electron chi connectivity index (χ3n) is 3.51. The number of carbonyl (C=O) groups excluding carboxylic acids is 2. The van der Waals surface area contributed by atoms with Crippen molar-refractivity contribution in [2.45, 2.75) is 32.6 Å². The van der Waals surface area contributed by atoms with Gasteiger partial charge in [-0.15, -0.1) is 0 Å². The van der Waals surface area contributed by atoms with E-state index in [1.807, 2.05) is 6.07 Å². The first-order valence-corrected chi connectivity index (χ1v) is 6.99. The van der Waals surface area contributed by atoms with E-state index >= 15 is 0 Å². The van der Waals surface area contributed by atoms with Crippen molar-refractivity contribution < 1.29 is 9.59 Å². The van der Waals surface area contributed by atoms with Crippen LogP contribution >= 0.6 is 0 Å². The van der Waals surface area contributed by atoms with Crippen LogP contribution in [-0.2, 0) is 11.2 Å².